The molecule has 2 aromatic carbocycles. The van der Waals surface area contributed by atoms with E-state index in [9.17, 15) is 5.11 Å². The van der Waals surface area contributed by atoms with Gasteiger partial charge in [0.15, 0.2) is 0 Å². The lowest BCUT2D eigenvalue weighted by Crippen LogP contribution is -2.07. The Morgan fingerprint density at radius 3 is 2.65 bits per heavy atom. The van der Waals surface area contributed by atoms with E-state index in [0.29, 0.717) is 10.8 Å². The van der Waals surface area contributed by atoms with Gasteiger partial charge in [-0.05, 0) is 59.3 Å². The molecule has 3 nitrogen and oxygen atoms in total. The van der Waals surface area contributed by atoms with Crippen molar-refractivity contribution in [2.75, 3.05) is 12.4 Å². The van der Waals surface area contributed by atoms with E-state index >= 15 is 0 Å². The van der Waals surface area contributed by atoms with Crippen LogP contribution < -0.4 is 10.1 Å². The fourth-order valence-electron chi connectivity index (χ4n) is 1.92. The first-order valence-electron chi connectivity index (χ1n) is 6.09. The highest BCUT2D eigenvalue weighted by molar-refractivity contribution is 9.10. The molecule has 5 heteroatoms. The third-order valence-corrected chi connectivity index (χ3v) is 3.90. The molecule has 2 aromatic rings. The molecule has 0 amide bonds. The standard InChI is InChI=1S/C15H15BrClNO2/c1-9(12-8-11(20-2)4-6-15(12)19)18-14-5-3-10(17)7-13(14)16/h3-9,18-19H,1-2H3. The Labute approximate surface area is 131 Å². The zero-order valence-electron chi connectivity index (χ0n) is 11.2. The average Bonchev–Trinajstić information content (AvgIpc) is 2.42. The first-order valence-corrected chi connectivity index (χ1v) is 7.27. The number of hydrogen-bond donors (Lipinski definition) is 2. The molecule has 0 saturated heterocycles. The Morgan fingerprint density at radius 1 is 1.25 bits per heavy atom. The van der Waals surface area contributed by atoms with Crippen LogP contribution in [-0.4, -0.2) is 12.2 Å². The molecule has 2 N–H and O–H groups in total. The molecule has 0 aromatic heterocycles. The van der Waals surface area contributed by atoms with Gasteiger partial charge in [-0.15, -0.1) is 0 Å². The summed E-state index contributed by atoms with van der Waals surface area (Å²) >= 11 is 9.38. The van der Waals surface area contributed by atoms with Gasteiger partial charge in [-0.25, -0.2) is 0 Å². The van der Waals surface area contributed by atoms with Gasteiger partial charge in [0.2, 0.25) is 0 Å². The zero-order chi connectivity index (χ0) is 14.7. The zero-order valence-corrected chi connectivity index (χ0v) is 13.5. The van der Waals surface area contributed by atoms with Gasteiger partial charge in [-0.2, -0.15) is 0 Å². The molecule has 0 bridgehead atoms. The van der Waals surface area contributed by atoms with E-state index in [1.807, 2.05) is 31.2 Å². The number of rotatable bonds is 4. The summed E-state index contributed by atoms with van der Waals surface area (Å²) in [5.41, 5.74) is 1.68. The largest absolute Gasteiger partial charge is 0.508 e. The number of phenols is 1. The molecule has 0 aliphatic heterocycles. The molecule has 1 atom stereocenters. The Kier molecular flexibility index (Phi) is 4.78. The summed E-state index contributed by atoms with van der Waals surface area (Å²) in [6, 6.07) is 10.6. The number of benzene rings is 2. The van der Waals surface area contributed by atoms with Crippen molar-refractivity contribution in [2.24, 2.45) is 0 Å². The Balaban J connectivity index is 2.25. The van der Waals surface area contributed by atoms with Crippen LogP contribution >= 0.6 is 27.5 Å². The molecule has 0 spiro atoms. The van der Waals surface area contributed by atoms with E-state index in [0.717, 1.165) is 15.7 Å². The Bertz CT molecular complexity index is 619. The van der Waals surface area contributed by atoms with Crippen molar-refractivity contribution in [3.63, 3.8) is 0 Å². The topological polar surface area (TPSA) is 41.5 Å². The summed E-state index contributed by atoms with van der Waals surface area (Å²) in [4.78, 5) is 0. The second-order valence-corrected chi connectivity index (χ2v) is 5.71. The van der Waals surface area contributed by atoms with Gasteiger partial charge in [0.05, 0.1) is 13.2 Å². The molecule has 0 aliphatic carbocycles. The maximum Gasteiger partial charge on any atom is 0.121 e. The van der Waals surface area contributed by atoms with Crippen molar-refractivity contribution in [1.29, 1.82) is 0 Å². The van der Waals surface area contributed by atoms with Crippen LogP contribution in [0.3, 0.4) is 0 Å². The highest BCUT2D eigenvalue weighted by Crippen LogP contribution is 2.33. The lowest BCUT2D eigenvalue weighted by molar-refractivity contribution is 0.410. The van der Waals surface area contributed by atoms with E-state index in [4.69, 9.17) is 16.3 Å². The lowest BCUT2D eigenvalue weighted by atomic mass is 10.1. The number of aromatic hydroxyl groups is 1. The van der Waals surface area contributed by atoms with Gasteiger partial charge >= 0.3 is 0 Å². The predicted octanol–water partition coefficient (Wildman–Crippen LogP) is 4.99. The van der Waals surface area contributed by atoms with Gasteiger partial charge in [0, 0.05) is 20.7 Å². The highest BCUT2D eigenvalue weighted by Gasteiger charge is 2.13. The maximum absolute atomic E-state index is 9.96. The van der Waals surface area contributed by atoms with E-state index in [1.54, 1.807) is 19.2 Å². The van der Waals surface area contributed by atoms with Crippen molar-refractivity contribution >= 4 is 33.2 Å². The van der Waals surface area contributed by atoms with E-state index in [-0.39, 0.29) is 11.8 Å². The normalized spacial score (nSPS) is 12.0. The first-order chi connectivity index (χ1) is 9.51. The van der Waals surface area contributed by atoms with Crippen LogP contribution in [-0.2, 0) is 0 Å². The predicted molar refractivity (Wildman–Crippen MR) is 85.8 cm³/mol. The fraction of sp³-hybridized carbons (Fsp3) is 0.200. The summed E-state index contributed by atoms with van der Waals surface area (Å²) in [7, 11) is 1.60. The Hall–Kier alpha value is -1.39. The molecule has 1 unspecified atom stereocenters. The van der Waals surface area contributed by atoms with Gasteiger partial charge in [-0.1, -0.05) is 11.6 Å². The van der Waals surface area contributed by atoms with Crippen molar-refractivity contribution in [3.8, 4) is 11.5 Å². The average molecular weight is 357 g/mol. The molecule has 0 fully saturated rings. The molecule has 0 radical (unpaired) electrons. The van der Waals surface area contributed by atoms with Crippen LogP contribution in [0.25, 0.3) is 0 Å². The van der Waals surface area contributed by atoms with Gasteiger partial charge < -0.3 is 15.2 Å². The summed E-state index contributed by atoms with van der Waals surface area (Å²) < 4.78 is 6.06. The molecule has 20 heavy (non-hydrogen) atoms. The minimum Gasteiger partial charge on any atom is -0.508 e. The van der Waals surface area contributed by atoms with Crippen molar-refractivity contribution in [1.82, 2.24) is 0 Å². The van der Waals surface area contributed by atoms with Crippen molar-refractivity contribution in [3.05, 3.63) is 51.5 Å². The number of phenolic OH excluding ortho intramolecular Hbond substituents is 1. The number of halogens is 2. The molecule has 106 valence electrons. The van der Waals surface area contributed by atoms with E-state index < -0.39 is 0 Å². The minimum atomic E-state index is -0.0809. The summed E-state index contributed by atoms with van der Waals surface area (Å²) in [5.74, 6) is 0.942. The van der Waals surface area contributed by atoms with Crippen LogP contribution in [0.2, 0.25) is 5.02 Å². The van der Waals surface area contributed by atoms with Gasteiger partial charge in [0.1, 0.15) is 11.5 Å². The lowest BCUT2D eigenvalue weighted by Gasteiger charge is -2.18. The number of hydrogen-bond acceptors (Lipinski definition) is 3. The third kappa shape index (κ3) is 3.38. The van der Waals surface area contributed by atoms with Crippen LogP contribution in [0, 0.1) is 0 Å². The molecule has 0 saturated carbocycles. The summed E-state index contributed by atoms with van der Waals surface area (Å²) in [6.45, 7) is 1.97. The summed E-state index contributed by atoms with van der Waals surface area (Å²) in [6.07, 6.45) is 0. The van der Waals surface area contributed by atoms with Crippen LogP contribution in [0.4, 0.5) is 5.69 Å². The van der Waals surface area contributed by atoms with E-state index in [2.05, 4.69) is 21.2 Å². The SMILES string of the molecule is COc1ccc(O)c(C(C)Nc2ccc(Cl)cc2Br)c1. The second-order valence-electron chi connectivity index (χ2n) is 4.41. The van der Waals surface area contributed by atoms with Crippen LogP contribution in [0.1, 0.15) is 18.5 Å². The number of anilines is 1. The molecule has 0 heterocycles. The first kappa shape index (κ1) is 15.0. The Morgan fingerprint density at radius 2 is 2.00 bits per heavy atom. The summed E-state index contributed by atoms with van der Waals surface area (Å²) in [5, 5.41) is 14.0. The van der Waals surface area contributed by atoms with Gasteiger partial charge in [0.25, 0.3) is 0 Å². The molecular weight excluding hydrogens is 342 g/mol. The second kappa shape index (κ2) is 6.37. The highest BCUT2D eigenvalue weighted by atomic mass is 79.9. The third-order valence-electron chi connectivity index (χ3n) is 3.00. The number of methoxy groups -OCH3 is 1. The number of ether oxygens (including phenoxy) is 1. The minimum absolute atomic E-state index is 0.0809. The van der Waals surface area contributed by atoms with Crippen molar-refractivity contribution < 1.29 is 9.84 Å². The van der Waals surface area contributed by atoms with Gasteiger partial charge in [-0.3, -0.25) is 0 Å². The smallest absolute Gasteiger partial charge is 0.121 e. The molecule has 2 rings (SSSR count). The maximum atomic E-state index is 9.96. The monoisotopic (exact) mass is 355 g/mol. The number of nitrogens with one attached hydrogen (secondary N) is 1. The van der Waals surface area contributed by atoms with Crippen molar-refractivity contribution in [2.45, 2.75) is 13.0 Å². The quantitative estimate of drug-likeness (QED) is 0.811. The molecular formula is C15H15BrClNO2. The molecule has 0 aliphatic rings. The fourth-order valence-corrected chi connectivity index (χ4v) is 2.72. The van der Waals surface area contributed by atoms with Crippen LogP contribution in [0.15, 0.2) is 40.9 Å². The van der Waals surface area contributed by atoms with Crippen LogP contribution in [0.5, 0.6) is 11.5 Å². The van der Waals surface area contributed by atoms with E-state index in [1.165, 1.54) is 0 Å².